The number of benzene rings is 1. The molecule has 1 aromatic rings. The van der Waals surface area contributed by atoms with Crippen molar-refractivity contribution in [3.63, 3.8) is 0 Å². The van der Waals surface area contributed by atoms with Crippen LogP contribution in [0.1, 0.15) is 6.42 Å². The minimum absolute atomic E-state index is 0.101. The summed E-state index contributed by atoms with van der Waals surface area (Å²) in [7, 11) is 1.52. The van der Waals surface area contributed by atoms with Crippen molar-refractivity contribution in [2.45, 2.75) is 12.1 Å². The Balaban J connectivity index is 1.46. The van der Waals surface area contributed by atoms with Crippen LogP contribution >= 0.6 is 0 Å². The van der Waals surface area contributed by atoms with E-state index in [0.29, 0.717) is 19.5 Å². The Bertz CT molecular complexity index is 548. The third kappa shape index (κ3) is 4.05. The third-order valence-corrected chi connectivity index (χ3v) is 4.90. The number of methoxy groups -OCH3 is 1. The molecule has 0 saturated carbocycles. The molecule has 2 fully saturated rings. The summed E-state index contributed by atoms with van der Waals surface area (Å²) in [6.45, 7) is 4.44. The van der Waals surface area contributed by atoms with Crippen molar-refractivity contribution in [1.29, 1.82) is 0 Å². The number of rotatable bonds is 5. The molecule has 2 saturated heterocycles. The summed E-state index contributed by atoms with van der Waals surface area (Å²) in [5, 5.41) is 0. The number of para-hydroxylation sites is 1. The van der Waals surface area contributed by atoms with Crippen LogP contribution in [0.5, 0.6) is 0 Å². The van der Waals surface area contributed by atoms with Gasteiger partial charge in [-0.3, -0.25) is 9.69 Å². The van der Waals surface area contributed by atoms with Crippen LogP contribution in [-0.2, 0) is 9.53 Å². The molecule has 1 unspecified atom stereocenters. The van der Waals surface area contributed by atoms with E-state index < -0.39 is 5.67 Å². The predicted octanol–water partition coefficient (Wildman–Crippen LogP) is 1.40. The largest absolute Gasteiger partial charge is 0.381 e. The van der Waals surface area contributed by atoms with Crippen molar-refractivity contribution in [3.8, 4) is 0 Å². The summed E-state index contributed by atoms with van der Waals surface area (Å²) in [4.78, 5) is 18.6. The summed E-state index contributed by atoms with van der Waals surface area (Å²) in [5.41, 5.74) is -0.105. The number of ether oxygens (including phenoxy) is 1. The smallest absolute Gasteiger partial charge is 0.236 e. The van der Waals surface area contributed by atoms with Gasteiger partial charge in [0.1, 0.15) is 5.67 Å². The fourth-order valence-electron chi connectivity index (χ4n) is 3.57. The van der Waals surface area contributed by atoms with Gasteiger partial charge in [0.2, 0.25) is 5.91 Å². The van der Waals surface area contributed by atoms with Crippen molar-refractivity contribution < 1.29 is 13.9 Å². The first-order valence-corrected chi connectivity index (χ1v) is 8.58. The molecule has 0 radical (unpaired) electrons. The molecule has 0 spiro atoms. The van der Waals surface area contributed by atoms with E-state index >= 15 is 0 Å². The highest BCUT2D eigenvalue weighted by Gasteiger charge is 2.39. The molecule has 0 bridgehead atoms. The number of amides is 1. The van der Waals surface area contributed by atoms with Gasteiger partial charge in [0, 0.05) is 52.1 Å². The van der Waals surface area contributed by atoms with Gasteiger partial charge >= 0.3 is 0 Å². The van der Waals surface area contributed by atoms with Crippen molar-refractivity contribution in [1.82, 2.24) is 9.80 Å². The molecule has 0 aliphatic carbocycles. The second-order valence-corrected chi connectivity index (χ2v) is 6.75. The number of alkyl halides is 1. The highest BCUT2D eigenvalue weighted by molar-refractivity contribution is 5.78. The van der Waals surface area contributed by atoms with Gasteiger partial charge < -0.3 is 14.5 Å². The minimum atomic E-state index is -1.30. The van der Waals surface area contributed by atoms with E-state index in [1.807, 2.05) is 28.0 Å². The van der Waals surface area contributed by atoms with Crippen LogP contribution in [0.15, 0.2) is 30.3 Å². The van der Waals surface area contributed by atoms with E-state index in [0.717, 1.165) is 26.2 Å². The molecule has 1 amide bonds. The number of hydrogen-bond acceptors (Lipinski definition) is 4. The van der Waals surface area contributed by atoms with E-state index in [1.165, 1.54) is 12.8 Å². The fourth-order valence-corrected chi connectivity index (χ4v) is 3.57. The molecular formula is C18H26FN3O2. The van der Waals surface area contributed by atoms with E-state index in [9.17, 15) is 9.18 Å². The zero-order chi connectivity index (χ0) is 17.0. The SMILES string of the molecule is COCC1(F)CCN(CC(=O)N2CCN(c3ccccc3)CC2)C1. The first kappa shape index (κ1) is 17.2. The first-order valence-electron chi connectivity index (χ1n) is 8.58. The van der Waals surface area contributed by atoms with Gasteiger partial charge in [-0.05, 0) is 18.6 Å². The Labute approximate surface area is 143 Å². The fraction of sp³-hybridized carbons (Fsp3) is 0.611. The number of carbonyl (C=O) groups is 1. The van der Waals surface area contributed by atoms with Crippen molar-refractivity contribution in [2.24, 2.45) is 0 Å². The minimum Gasteiger partial charge on any atom is -0.381 e. The van der Waals surface area contributed by atoms with Crippen molar-refractivity contribution in [3.05, 3.63) is 30.3 Å². The van der Waals surface area contributed by atoms with Gasteiger partial charge in [-0.25, -0.2) is 4.39 Å². The quantitative estimate of drug-likeness (QED) is 0.815. The average Bonchev–Trinajstić information content (AvgIpc) is 2.96. The van der Waals surface area contributed by atoms with E-state index in [-0.39, 0.29) is 19.1 Å². The van der Waals surface area contributed by atoms with Gasteiger partial charge in [-0.1, -0.05) is 18.2 Å². The number of halogens is 1. The van der Waals surface area contributed by atoms with E-state index in [4.69, 9.17) is 4.74 Å². The summed E-state index contributed by atoms with van der Waals surface area (Å²) < 4.78 is 19.3. The Morgan fingerprint density at radius 3 is 2.54 bits per heavy atom. The molecule has 24 heavy (non-hydrogen) atoms. The van der Waals surface area contributed by atoms with Crippen LogP contribution in [0.2, 0.25) is 0 Å². The number of nitrogens with zero attached hydrogens (tertiary/aromatic N) is 3. The highest BCUT2D eigenvalue weighted by Crippen LogP contribution is 2.25. The lowest BCUT2D eigenvalue weighted by Crippen LogP contribution is -2.51. The van der Waals surface area contributed by atoms with Crippen LogP contribution in [-0.4, -0.2) is 80.9 Å². The van der Waals surface area contributed by atoms with Gasteiger partial charge in [0.25, 0.3) is 0 Å². The molecule has 6 heteroatoms. The number of piperazine rings is 1. The summed E-state index contributed by atoms with van der Waals surface area (Å²) >= 11 is 0. The van der Waals surface area contributed by atoms with Gasteiger partial charge in [-0.15, -0.1) is 0 Å². The Morgan fingerprint density at radius 2 is 1.88 bits per heavy atom. The molecule has 5 nitrogen and oxygen atoms in total. The second kappa shape index (κ2) is 7.49. The lowest BCUT2D eigenvalue weighted by Gasteiger charge is -2.36. The molecular weight excluding hydrogens is 309 g/mol. The molecule has 1 aromatic carbocycles. The van der Waals surface area contributed by atoms with Crippen LogP contribution in [0.25, 0.3) is 0 Å². The van der Waals surface area contributed by atoms with Gasteiger partial charge in [-0.2, -0.15) is 0 Å². The maximum absolute atomic E-state index is 14.4. The summed E-state index contributed by atoms with van der Waals surface area (Å²) in [6.07, 6.45) is 0.440. The number of likely N-dealkylation sites (tertiary alicyclic amines) is 1. The van der Waals surface area contributed by atoms with E-state index in [2.05, 4.69) is 17.0 Å². The maximum Gasteiger partial charge on any atom is 0.236 e. The van der Waals surface area contributed by atoms with Crippen LogP contribution in [0.4, 0.5) is 10.1 Å². The molecule has 3 rings (SSSR count). The monoisotopic (exact) mass is 335 g/mol. The van der Waals surface area contributed by atoms with Crippen molar-refractivity contribution >= 4 is 11.6 Å². The normalized spacial score (nSPS) is 25.2. The zero-order valence-electron chi connectivity index (χ0n) is 14.3. The number of carbonyl (C=O) groups excluding carboxylic acids is 1. The number of anilines is 1. The summed E-state index contributed by atoms with van der Waals surface area (Å²) in [5.74, 6) is 0.101. The molecule has 2 aliphatic heterocycles. The standard InChI is InChI=1S/C18H26FN3O2/c1-24-15-18(19)7-8-20(14-18)13-17(23)22-11-9-21(10-12-22)16-5-3-2-4-6-16/h2-6H,7-15H2,1H3. The maximum atomic E-state index is 14.4. The van der Waals surface area contributed by atoms with Gasteiger partial charge in [0.05, 0.1) is 13.2 Å². The van der Waals surface area contributed by atoms with Crippen molar-refractivity contribution in [2.75, 3.05) is 64.4 Å². The first-order chi connectivity index (χ1) is 11.6. The topological polar surface area (TPSA) is 36.0 Å². The lowest BCUT2D eigenvalue weighted by molar-refractivity contribution is -0.132. The van der Waals surface area contributed by atoms with E-state index in [1.54, 1.807) is 0 Å². The third-order valence-electron chi connectivity index (χ3n) is 4.90. The molecule has 1 atom stereocenters. The predicted molar refractivity (Wildman–Crippen MR) is 92.0 cm³/mol. The Hall–Kier alpha value is -1.66. The average molecular weight is 335 g/mol. The molecule has 0 aromatic heterocycles. The Morgan fingerprint density at radius 1 is 1.17 bits per heavy atom. The molecule has 2 aliphatic rings. The molecule has 2 heterocycles. The number of hydrogen-bond donors (Lipinski definition) is 0. The lowest BCUT2D eigenvalue weighted by atomic mass is 10.1. The van der Waals surface area contributed by atoms with Gasteiger partial charge in [0.15, 0.2) is 0 Å². The second-order valence-electron chi connectivity index (χ2n) is 6.75. The Kier molecular flexibility index (Phi) is 5.36. The molecule has 0 N–H and O–H groups in total. The zero-order valence-corrected chi connectivity index (χ0v) is 14.3. The van der Waals surface area contributed by atoms with Crippen LogP contribution in [0.3, 0.4) is 0 Å². The van der Waals surface area contributed by atoms with Crippen LogP contribution in [0, 0.1) is 0 Å². The van der Waals surface area contributed by atoms with Crippen LogP contribution < -0.4 is 4.90 Å². The highest BCUT2D eigenvalue weighted by atomic mass is 19.1. The molecule has 132 valence electrons. The summed E-state index contributed by atoms with van der Waals surface area (Å²) in [6, 6.07) is 10.3.